The van der Waals surface area contributed by atoms with Crippen LogP contribution >= 0.6 is 8.03 Å². The van der Waals surface area contributed by atoms with Crippen molar-refractivity contribution in [2.75, 3.05) is 13.2 Å². The van der Waals surface area contributed by atoms with Crippen LogP contribution in [-0.4, -0.2) is 26.6 Å². The van der Waals surface area contributed by atoms with Gasteiger partial charge in [-0.1, -0.05) is 6.92 Å². The first-order chi connectivity index (χ1) is 6.49. The highest BCUT2D eigenvalue weighted by Crippen LogP contribution is 2.35. The molecule has 0 spiro atoms. The molecule has 0 saturated carbocycles. The molecule has 0 aliphatic carbocycles. The van der Waals surface area contributed by atoms with Crippen LogP contribution in [0.25, 0.3) is 0 Å². The minimum absolute atomic E-state index is 0.0497. The molecule has 0 rings (SSSR count). The lowest BCUT2D eigenvalue weighted by Gasteiger charge is -2.04. The van der Waals surface area contributed by atoms with Crippen LogP contribution in [0.1, 0.15) is 27.2 Å². The third kappa shape index (κ3) is 4.00. The highest BCUT2D eigenvalue weighted by atomic mass is 32.2. The van der Waals surface area contributed by atoms with E-state index in [1.807, 2.05) is 0 Å². The van der Waals surface area contributed by atoms with Gasteiger partial charge < -0.3 is 0 Å². The Bertz CT molecular complexity index is 274. The van der Waals surface area contributed by atoms with Gasteiger partial charge >= 0.3 is 23.1 Å². The lowest BCUT2D eigenvalue weighted by Crippen LogP contribution is -2.20. The maximum atomic E-state index is 11.4. The van der Waals surface area contributed by atoms with E-state index in [4.69, 9.17) is 4.52 Å². The topological polar surface area (TPSA) is 69.7 Å². The number of hydrogen-bond donors (Lipinski definition) is 0. The van der Waals surface area contributed by atoms with Gasteiger partial charge in [0.05, 0.1) is 13.2 Å². The third-order valence-electron chi connectivity index (χ3n) is 1.46. The Labute approximate surface area is 85.8 Å². The van der Waals surface area contributed by atoms with Gasteiger partial charge in [-0.15, -0.1) is 4.52 Å². The van der Waals surface area contributed by atoms with Crippen molar-refractivity contribution in [3.8, 4) is 0 Å². The normalized spacial score (nSPS) is 15.2. The minimum atomic E-state index is -3.75. The van der Waals surface area contributed by atoms with Crippen molar-refractivity contribution in [1.29, 1.82) is 0 Å². The van der Waals surface area contributed by atoms with Gasteiger partial charge in [-0.3, -0.25) is 4.18 Å². The summed E-state index contributed by atoms with van der Waals surface area (Å²) in [5.74, 6) is 0. The number of hydrogen-bond acceptors (Lipinski definition) is 5. The van der Waals surface area contributed by atoms with Gasteiger partial charge in [-0.2, -0.15) is 8.42 Å². The molecular weight excluding hydrogens is 227 g/mol. The van der Waals surface area contributed by atoms with Crippen molar-refractivity contribution in [1.82, 2.24) is 0 Å². The summed E-state index contributed by atoms with van der Waals surface area (Å²) in [6.07, 6.45) is 0.220. The van der Waals surface area contributed by atoms with Gasteiger partial charge in [0.25, 0.3) is 0 Å². The summed E-state index contributed by atoms with van der Waals surface area (Å²) in [4.78, 5) is -1.06. The molecular formula is C7H16O5PS+. The van der Waals surface area contributed by atoms with Gasteiger partial charge in [0, 0.05) is 6.42 Å². The quantitative estimate of drug-likeness (QED) is 0.504. The molecule has 2 atom stereocenters. The Balaban J connectivity index is 4.63. The highest BCUT2D eigenvalue weighted by molar-refractivity contribution is 7.93. The van der Waals surface area contributed by atoms with Crippen LogP contribution < -0.4 is 0 Å². The molecule has 5 nitrogen and oxygen atoms in total. The largest absolute Gasteiger partial charge is 0.530 e. The summed E-state index contributed by atoms with van der Waals surface area (Å²) in [6.45, 7) is 5.14. The molecule has 0 aromatic rings. The summed E-state index contributed by atoms with van der Waals surface area (Å²) in [5.41, 5.74) is 0. The molecule has 0 bridgehead atoms. The predicted molar refractivity (Wildman–Crippen MR) is 53.9 cm³/mol. The van der Waals surface area contributed by atoms with Crippen molar-refractivity contribution < 1.29 is 21.7 Å². The van der Waals surface area contributed by atoms with Crippen LogP contribution in [0, 0.1) is 0 Å². The van der Waals surface area contributed by atoms with Crippen LogP contribution in [0.3, 0.4) is 0 Å². The number of rotatable bonds is 7. The second kappa shape index (κ2) is 6.45. The Morgan fingerprint density at radius 2 is 1.79 bits per heavy atom. The van der Waals surface area contributed by atoms with Crippen molar-refractivity contribution >= 4 is 18.1 Å². The fraction of sp³-hybridized carbons (Fsp3) is 1.00. The molecule has 0 radical (unpaired) electrons. The van der Waals surface area contributed by atoms with E-state index >= 15 is 0 Å². The molecule has 0 aromatic carbocycles. The molecule has 7 heteroatoms. The molecule has 0 saturated heterocycles. The van der Waals surface area contributed by atoms with Gasteiger partial charge in [-0.25, -0.2) is 0 Å². The molecule has 0 N–H and O–H groups in total. The highest BCUT2D eigenvalue weighted by Gasteiger charge is 2.43. The fourth-order valence-electron chi connectivity index (χ4n) is 0.912. The van der Waals surface area contributed by atoms with Crippen LogP contribution in [0.2, 0.25) is 0 Å². The first-order valence-electron chi connectivity index (χ1n) is 4.47. The molecule has 84 valence electrons. The maximum Gasteiger partial charge on any atom is 0.530 e. The van der Waals surface area contributed by atoms with Crippen LogP contribution in [0.4, 0.5) is 0 Å². The molecule has 0 aliphatic heterocycles. The first-order valence-corrected chi connectivity index (χ1v) is 7.18. The van der Waals surface area contributed by atoms with Gasteiger partial charge in [0.1, 0.15) is 0 Å². The minimum Gasteiger partial charge on any atom is -0.267 e. The van der Waals surface area contributed by atoms with Gasteiger partial charge in [0.15, 0.2) is 0 Å². The summed E-state index contributed by atoms with van der Waals surface area (Å²) < 4.78 is 43.5. The smallest absolute Gasteiger partial charge is 0.267 e. The van der Waals surface area contributed by atoms with E-state index in [1.165, 1.54) is 0 Å². The summed E-state index contributed by atoms with van der Waals surface area (Å²) in [6, 6.07) is 0. The zero-order valence-corrected chi connectivity index (χ0v) is 10.3. The lowest BCUT2D eigenvalue weighted by atomic mass is 10.6. The van der Waals surface area contributed by atoms with Crippen molar-refractivity contribution in [3.05, 3.63) is 0 Å². The lowest BCUT2D eigenvalue weighted by molar-refractivity contribution is 0.324. The second-order valence-corrected chi connectivity index (χ2v) is 6.06. The standard InChI is InChI=1S/C7H16O5PS/c1-4-7(13(8)11-5-2)14(9,10)12-6-3/h7H,4-6H2,1-3H3/q+1. The van der Waals surface area contributed by atoms with E-state index < -0.39 is 23.1 Å². The van der Waals surface area contributed by atoms with E-state index in [0.29, 0.717) is 0 Å². The van der Waals surface area contributed by atoms with E-state index in [2.05, 4.69) is 4.18 Å². The summed E-state index contributed by atoms with van der Waals surface area (Å²) >= 11 is 0. The van der Waals surface area contributed by atoms with Gasteiger partial charge in [-0.05, 0) is 18.4 Å². The van der Waals surface area contributed by atoms with Crippen LogP contribution in [0.5, 0.6) is 0 Å². The average molecular weight is 243 g/mol. The molecule has 14 heavy (non-hydrogen) atoms. The fourth-order valence-corrected chi connectivity index (χ4v) is 3.73. The summed E-state index contributed by atoms with van der Waals surface area (Å²) in [7, 11) is -5.96. The molecule has 0 amide bonds. The van der Waals surface area contributed by atoms with Crippen molar-refractivity contribution in [2.45, 2.75) is 32.2 Å². The predicted octanol–water partition coefficient (Wildman–Crippen LogP) is 1.87. The Morgan fingerprint density at radius 3 is 2.14 bits per heavy atom. The molecule has 0 fully saturated rings. The molecule has 0 aliphatic rings. The van der Waals surface area contributed by atoms with Gasteiger partial charge in [0.2, 0.25) is 0 Å². The van der Waals surface area contributed by atoms with E-state index in [0.717, 1.165) is 0 Å². The third-order valence-corrected chi connectivity index (χ3v) is 5.66. The van der Waals surface area contributed by atoms with E-state index in [9.17, 15) is 13.0 Å². The second-order valence-electron chi connectivity index (χ2n) is 2.47. The van der Waals surface area contributed by atoms with E-state index in [-0.39, 0.29) is 19.6 Å². The van der Waals surface area contributed by atoms with Crippen LogP contribution in [-0.2, 0) is 23.4 Å². The Kier molecular flexibility index (Phi) is 6.44. The average Bonchev–Trinajstić information content (AvgIpc) is 2.04. The zero-order valence-electron chi connectivity index (χ0n) is 8.60. The zero-order chi connectivity index (χ0) is 11.2. The Morgan fingerprint density at radius 1 is 1.21 bits per heavy atom. The van der Waals surface area contributed by atoms with Crippen molar-refractivity contribution in [2.24, 2.45) is 0 Å². The van der Waals surface area contributed by atoms with E-state index in [1.54, 1.807) is 20.8 Å². The van der Waals surface area contributed by atoms with Crippen molar-refractivity contribution in [3.63, 3.8) is 0 Å². The maximum absolute atomic E-state index is 11.4. The molecule has 2 unspecified atom stereocenters. The molecule has 0 aromatic heterocycles. The van der Waals surface area contributed by atoms with Crippen LogP contribution in [0.15, 0.2) is 0 Å². The Hall–Kier alpha value is -0.0300. The monoisotopic (exact) mass is 243 g/mol. The summed E-state index contributed by atoms with van der Waals surface area (Å²) in [5, 5.41) is 0. The SMILES string of the molecule is CCO[P+](=O)C(CC)S(=O)(=O)OCC. The first kappa shape index (κ1) is 14.0. The molecule has 0 heterocycles.